The first-order valence-corrected chi connectivity index (χ1v) is 9.25. The number of unbranched alkanes of at least 4 members (excludes halogenated alkanes) is 7. The summed E-state index contributed by atoms with van der Waals surface area (Å²) < 4.78 is 2.21. The zero-order valence-electron chi connectivity index (χ0n) is 15.0. The molecule has 1 rings (SSSR count). The van der Waals surface area contributed by atoms with Crippen molar-refractivity contribution >= 4 is 0 Å². The average molecular weight is 292 g/mol. The van der Waals surface area contributed by atoms with E-state index in [1.54, 1.807) is 5.56 Å². The van der Waals surface area contributed by atoms with E-state index in [4.69, 9.17) is 0 Å². The third-order valence-corrected chi connectivity index (χ3v) is 4.94. The van der Waals surface area contributed by atoms with Crippen molar-refractivity contribution in [2.75, 3.05) is 0 Å². The van der Waals surface area contributed by atoms with E-state index in [1.165, 1.54) is 70.6 Å². The maximum Gasteiger partial charge on any atom is 0.0106 e. The van der Waals surface area contributed by atoms with Crippen LogP contribution in [0.25, 0.3) is 0 Å². The quantitative estimate of drug-likeness (QED) is 0.382. The number of aromatic nitrogens is 1. The summed E-state index contributed by atoms with van der Waals surface area (Å²) in [5, 5.41) is 0. The minimum Gasteiger partial charge on any atom is -0.357 e. The minimum absolute atomic E-state index is 0.390. The summed E-state index contributed by atoms with van der Waals surface area (Å²) in [4.78, 5) is 0. The lowest BCUT2D eigenvalue weighted by Gasteiger charge is -2.29. The van der Waals surface area contributed by atoms with Crippen molar-refractivity contribution in [1.82, 2.24) is 4.57 Å². The highest BCUT2D eigenvalue weighted by molar-refractivity contribution is 5.21. The molecule has 1 aromatic heterocycles. The largest absolute Gasteiger partial charge is 0.357 e. The van der Waals surface area contributed by atoms with E-state index in [2.05, 4.69) is 50.8 Å². The molecule has 0 bridgehead atoms. The Morgan fingerprint density at radius 1 is 0.857 bits per heavy atom. The second-order valence-electron chi connectivity index (χ2n) is 7.10. The molecule has 1 nitrogen and oxygen atoms in total. The molecule has 1 heterocycles. The maximum absolute atomic E-state index is 2.49. The van der Waals surface area contributed by atoms with Crippen LogP contribution in [-0.4, -0.2) is 4.57 Å². The number of aryl methyl sites for hydroxylation is 1. The van der Waals surface area contributed by atoms with E-state index < -0.39 is 0 Å². The van der Waals surface area contributed by atoms with Gasteiger partial charge in [0.2, 0.25) is 0 Å². The molecule has 0 saturated carbocycles. The summed E-state index contributed by atoms with van der Waals surface area (Å²) in [5.74, 6) is 0. The van der Waals surface area contributed by atoms with Gasteiger partial charge in [-0.2, -0.15) is 0 Å². The van der Waals surface area contributed by atoms with Gasteiger partial charge in [-0.25, -0.2) is 0 Å². The normalized spacial score (nSPS) is 14.3. The van der Waals surface area contributed by atoms with E-state index in [0.717, 1.165) is 0 Å². The van der Waals surface area contributed by atoms with Gasteiger partial charge in [0.25, 0.3) is 0 Å². The van der Waals surface area contributed by atoms with Crippen LogP contribution < -0.4 is 0 Å². The lowest BCUT2D eigenvalue weighted by Crippen LogP contribution is -2.21. The first kappa shape index (κ1) is 18.3. The standard InChI is InChI=1S/C20H37N/c1-5-7-9-11-13-16-20(3,15-12-10-8-6-2)19-14-17-21(4)18-19/h14,17-18H,5-13,15-16H2,1-4H3. The van der Waals surface area contributed by atoms with Crippen LogP contribution in [0, 0.1) is 0 Å². The lowest BCUT2D eigenvalue weighted by molar-refractivity contribution is 0.363. The fourth-order valence-corrected chi connectivity index (χ4v) is 3.33. The van der Waals surface area contributed by atoms with Crippen molar-refractivity contribution in [3.8, 4) is 0 Å². The van der Waals surface area contributed by atoms with E-state index in [0.29, 0.717) is 5.41 Å². The fraction of sp³-hybridized carbons (Fsp3) is 0.800. The van der Waals surface area contributed by atoms with Crippen LogP contribution in [0.1, 0.15) is 97.0 Å². The third-order valence-electron chi connectivity index (χ3n) is 4.94. The van der Waals surface area contributed by atoms with E-state index in [1.807, 2.05) is 0 Å². The van der Waals surface area contributed by atoms with Crippen molar-refractivity contribution < 1.29 is 0 Å². The Balaban J connectivity index is 2.52. The number of hydrogen-bond donors (Lipinski definition) is 0. The Morgan fingerprint density at radius 3 is 1.86 bits per heavy atom. The van der Waals surface area contributed by atoms with Crippen molar-refractivity contribution in [3.63, 3.8) is 0 Å². The molecule has 0 fully saturated rings. The summed E-state index contributed by atoms with van der Waals surface area (Å²) in [6.45, 7) is 7.08. The second kappa shape index (κ2) is 10.1. The molecule has 0 aliphatic rings. The molecule has 0 amide bonds. The SMILES string of the molecule is CCCCCCCC(C)(CCCCCC)c1ccn(C)c1. The molecular weight excluding hydrogens is 254 g/mol. The first-order chi connectivity index (χ1) is 10.1. The van der Waals surface area contributed by atoms with Crippen molar-refractivity contribution in [3.05, 3.63) is 24.0 Å². The molecule has 21 heavy (non-hydrogen) atoms. The molecule has 0 spiro atoms. The number of rotatable bonds is 12. The van der Waals surface area contributed by atoms with Crippen LogP contribution in [0.2, 0.25) is 0 Å². The van der Waals surface area contributed by atoms with E-state index in [-0.39, 0.29) is 0 Å². The zero-order valence-corrected chi connectivity index (χ0v) is 15.0. The Kier molecular flexibility index (Phi) is 8.80. The van der Waals surface area contributed by atoms with Crippen LogP contribution in [0.15, 0.2) is 18.5 Å². The van der Waals surface area contributed by atoms with E-state index in [9.17, 15) is 0 Å². The van der Waals surface area contributed by atoms with Crippen molar-refractivity contribution in [2.45, 2.75) is 96.8 Å². The summed E-state index contributed by atoms with van der Waals surface area (Å²) in [6.07, 6.45) is 19.7. The highest BCUT2D eigenvalue weighted by atomic mass is 14.9. The zero-order chi connectivity index (χ0) is 15.6. The van der Waals surface area contributed by atoms with Crippen molar-refractivity contribution in [2.24, 2.45) is 7.05 Å². The molecule has 1 heteroatoms. The fourth-order valence-electron chi connectivity index (χ4n) is 3.33. The second-order valence-corrected chi connectivity index (χ2v) is 7.10. The molecule has 0 aliphatic heterocycles. The molecule has 0 radical (unpaired) electrons. The molecule has 0 aliphatic carbocycles. The highest BCUT2D eigenvalue weighted by Gasteiger charge is 2.26. The molecular formula is C20H37N. The van der Waals surface area contributed by atoms with Gasteiger partial charge in [0.05, 0.1) is 0 Å². The van der Waals surface area contributed by atoms with Crippen LogP contribution >= 0.6 is 0 Å². The topological polar surface area (TPSA) is 4.93 Å². The number of nitrogens with zero attached hydrogens (tertiary/aromatic N) is 1. The summed E-state index contributed by atoms with van der Waals surface area (Å²) >= 11 is 0. The van der Waals surface area contributed by atoms with Gasteiger partial charge in [-0.3, -0.25) is 0 Å². The predicted octanol–water partition coefficient (Wildman–Crippen LogP) is 6.61. The van der Waals surface area contributed by atoms with Gasteiger partial charge in [0.15, 0.2) is 0 Å². The van der Waals surface area contributed by atoms with Crippen molar-refractivity contribution in [1.29, 1.82) is 0 Å². The lowest BCUT2D eigenvalue weighted by atomic mass is 9.75. The summed E-state index contributed by atoms with van der Waals surface area (Å²) in [7, 11) is 2.14. The summed E-state index contributed by atoms with van der Waals surface area (Å²) in [6, 6.07) is 2.34. The molecule has 0 saturated heterocycles. The van der Waals surface area contributed by atoms with Gasteiger partial charge >= 0.3 is 0 Å². The first-order valence-electron chi connectivity index (χ1n) is 9.25. The molecule has 1 unspecified atom stereocenters. The van der Waals surface area contributed by atoms with Gasteiger partial charge in [0, 0.05) is 19.4 Å². The smallest absolute Gasteiger partial charge is 0.0106 e. The van der Waals surface area contributed by atoms with Gasteiger partial charge < -0.3 is 4.57 Å². The molecule has 0 N–H and O–H groups in total. The monoisotopic (exact) mass is 291 g/mol. The molecule has 0 aromatic carbocycles. The third kappa shape index (κ3) is 6.72. The Hall–Kier alpha value is -0.720. The molecule has 122 valence electrons. The molecule has 1 aromatic rings. The van der Waals surface area contributed by atoms with E-state index >= 15 is 0 Å². The Labute approximate surface area is 133 Å². The molecule has 1 atom stereocenters. The van der Waals surface area contributed by atoms with Gasteiger partial charge in [-0.1, -0.05) is 78.6 Å². The Morgan fingerprint density at radius 2 is 1.38 bits per heavy atom. The summed E-state index contributed by atoms with van der Waals surface area (Å²) in [5.41, 5.74) is 1.94. The van der Waals surface area contributed by atoms with Crippen LogP contribution in [0.3, 0.4) is 0 Å². The predicted molar refractivity (Wildman–Crippen MR) is 94.9 cm³/mol. The van der Waals surface area contributed by atoms with Gasteiger partial charge in [-0.15, -0.1) is 0 Å². The maximum atomic E-state index is 2.49. The van der Waals surface area contributed by atoms with Crippen LogP contribution in [-0.2, 0) is 12.5 Å². The number of hydrogen-bond acceptors (Lipinski definition) is 0. The highest BCUT2D eigenvalue weighted by Crippen LogP contribution is 2.35. The Bertz CT molecular complexity index is 366. The van der Waals surface area contributed by atoms with Gasteiger partial charge in [0.1, 0.15) is 0 Å². The van der Waals surface area contributed by atoms with Crippen LogP contribution in [0.5, 0.6) is 0 Å². The van der Waals surface area contributed by atoms with Crippen LogP contribution in [0.4, 0.5) is 0 Å². The average Bonchev–Trinajstić information content (AvgIpc) is 2.91. The van der Waals surface area contributed by atoms with Gasteiger partial charge in [-0.05, 0) is 29.9 Å². The minimum atomic E-state index is 0.390.